The summed E-state index contributed by atoms with van der Waals surface area (Å²) in [5.74, 6) is 1.73. The Hall–Kier alpha value is -1.35. The van der Waals surface area contributed by atoms with E-state index in [1.54, 1.807) is 0 Å². The van der Waals surface area contributed by atoms with Gasteiger partial charge in [0.1, 0.15) is 18.0 Å². The van der Waals surface area contributed by atoms with E-state index >= 15 is 0 Å². The number of carboxylic acid groups (broad SMARTS) is 1. The quantitative estimate of drug-likeness (QED) is 0.447. The van der Waals surface area contributed by atoms with E-state index in [1.807, 2.05) is 0 Å². The van der Waals surface area contributed by atoms with Gasteiger partial charge in [-0.1, -0.05) is 13.8 Å². The van der Waals surface area contributed by atoms with Crippen molar-refractivity contribution in [3.8, 4) is 0 Å². The van der Waals surface area contributed by atoms with E-state index in [2.05, 4.69) is 23.6 Å². The van der Waals surface area contributed by atoms with Crippen LogP contribution in [0.4, 0.5) is 0 Å². The monoisotopic (exact) mass is 560 g/mol. The van der Waals surface area contributed by atoms with Gasteiger partial charge < -0.3 is 15.3 Å². The van der Waals surface area contributed by atoms with Gasteiger partial charge in [-0.05, 0) is 112 Å². The molecule has 0 amide bonds. The van der Waals surface area contributed by atoms with E-state index in [1.165, 1.54) is 58.5 Å². The van der Waals surface area contributed by atoms with Gasteiger partial charge in [-0.2, -0.15) is 0 Å². The molecular formula is C32H52N2O6. The summed E-state index contributed by atoms with van der Waals surface area (Å²) in [5.41, 5.74) is 0.366. The minimum atomic E-state index is -1.06. The maximum atomic E-state index is 11.8. The lowest BCUT2D eigenvalue weighted by atomic mass is 9.44. The topological polar surface area (TPSA) is 118 Å². The maximum Gasteiger partial charge on any atom is 0.310 e. The van der Waals surface area contributed by atoms with Gasteiger partial charge in [0.15, 0.2) is 0 Å². The fraction of sp³-hybridized carbons (Fsp3) is 0.906. The summed E-state index contributed by atoms with van der Waals surface area (Å²) in [6.07, 6.45) is 11.3. The van der Waals surface area contributed by atoms with Crippen molar-refractivity contribution in [2.45, 2.75) is 122 Å². The molecule has 2 heterocycles. The van der Waals surface area contributed by atoms with Crippen LogP contribution in [-0.4, -0.2) is 93.1 Å². The molecule has 0 aromatic rings. The number of Topliss-reactive ketones (excluding diaryl/α,β-unsaturated/α-hetero) is 2. The SMILES string of the molecule is CC(=O)CC(=O)O.C[C@]12C[C@H](N3CCC(=O)CC3)[C@@H](O)C[C@@H]1CC[C@@H]1[C@@H]2CC[C@]2(C)[C@@H](O)[C@@H](N3CCCC3)C[C@@H]12. The molecule has 4 saturated carbocycles. The van der Waals surface area contributed by atoms with Crippen molar-refractivity contribution < 1.29 is 29.7 Å². The lowest BCUT2D eigenvalue weighted by Crippen LogP contribution is -2.60. The predicted octanol–water partition coefficient (Wildman–Crippen LogP) is 3.52. The largest absolute Gasteiger partial charge is 0.481 e. The number of aliphatic hydroxyl groups is 2. The van der Waals surface area contributed by atoms with Gasteiger partial charge in [-0.25, -0.2) is 0 Å². The van der Waals surface area contributed by atoms with Gasteiger partial charge >= 0.3 is 5.97 Å². The standard InChI is InChI=1S/C28H46N2O3.C4H6O3/c1-27-10-7-21-20(22(27)16-23(26(27)33)29-11-3-4-12-29)6-5-18-15-25(32)24(17-28(18,21)2)30-13-8-19(31)9-14-30;1-3(5)2-4(6)7/h18,20-26,32-33H,3-17H2,1-2H3;2H2,1H3,(H,6,7)/t18-,20+,21-,22-,23-,24-,25-,26-,27-,28-;/m0./s1. The highest BCUT2D eigenvalue weighted by atomic mass is 16.4. The molecule has 6 fully saturated rings. The summed E-state index contributed by atoms with van der Waals surface area (Å²) < 4.78 is 0. The number of aliphatic carboxylic acids is 1. The minimum absolute atomic E-state index is 0.0818. The molecule has 8 nitrogen and oxygen atoms in total. The molecule has 0 aromatic carbocycles. The van der Waals surface area contributed by atoms with Crippen LogP contribution in [0.25, 0.3) is 0 Å². The Morgan fingerprint density at radius 3 is 2.12 bits per heavy atom. The lowest BCUT2D eigenvalue weighted by Gasteiger charge is -2.62. The highest BCUT2D eigenvalue weighted by Gasteiger charge is 2.63. The second-order valence-corrected chi connectivity index (χ2v) is 14.6. The summed E-state index contributed by atoms with van der Waals surface area (Å²) >= 11 is 0. The Labute approximate surface area is 239 Å². The van der Waals surface area contributed by atoms with E-state index in [0.29, 0.717) is 36.5 Å². The molecular weight excluding hydrogens is 508 g/mol. The number of hydrogen-bond donors (Lipinski definition) is 3. The Morgan fingerprint density at radius 1 is 0.875 bits per heavy atom. The van der Waals surface area contributed by atoms with Crippen LogP contribution in [0.3, 0.4) is 0 Å². The fourth-order valence-corrected chi connectivity index (χ4v) is 10.4. The third-order valence-electron chi connectivity index (χ3n) is 12.5. The van der Waals surface area contributed by atoms with Crippen LogP contribution in [0.5, 0.6) is 0 Å². The number of carbonyl (C=O) groups is 3. The highest BCUT2D eigenvalue weighted by Crippen LogP contribution is 2.66. The van der Waals surface area contributed by atoms with Crippen molar-refractivity contribution in [1.82, 2.24) is 9.80 Å². The first-order chi connectivity index (χ1) is 18.9. The summed E-state index contributed by atoms with van der Waals surface area (Å²) in [5, 5.41) is 30.6. The van der Waals surface area contributed by atoms with Gasteiger partial charge in [0.2, 0.25) is 0 Å². The highest BCUT2D eigenvalue weighted by molar-refractivity contribution is 5.93. The number of hydrogen-bond acceptors (Lipinski definition) is 7. The van der Waals surface area contributed by atoms with Gasteiger partial charge in [-0.3, -0.25) is 24.2 Å². The molecule has 2 aliphatic heterocycles. The second-order valence-electron chi connectivity index (χ2n) is 14.6. The Kier molecular flexibility index (Phi) is 8.84. The first-order valence-corrected chi connectivity index (χ1v) is 16.0. The number of piperidine rings is 1. The number of fused-ring (bicyclic) bond motifs is 5. The summed E-state index contributed by atoms with van der Waals surface area (Å²) in [7, 11) is 0. The van der Waals surface area contributed by atoms with Crippen LogP contribution >= 0.6 is 0 Å². The van der Waals surface area contributed by atoms with Crippen LogP contribution in [0.1, 0.15) is 97.8 Å². The zero-order valence-corrected chi connectivity index (χ0v) is 24.9. The molecule has 0 unspecified atom stereocenters. The van der Waals surface area contributed by atoms with E-state index in [4.69, 9.17) is 5.11 Å². The zero-order chi connectivity index (χ0) is 28.8. The van der Waals surface area contributed by atoms with Crippen molar-refractivity contribution in [1.29, 1.82) is 0 Å². The second kappa shape index (κ2) is 11.7. The number of ketones is 2. The number of likely N-dealkylation sites (tertiary alicyclic amines) is 2. The molecule has 0 radical (unpaired) electrons. The minimum Gasteiger partial charge on any atom is -0.481 e. The number of carbonyl (C=O) groups excluding carboxylic acids is 2. The van der Waals surface area contributed by atoms with E-state index in [0.717, 1.165) is 44.2 Å². The van der Waals surface area contributed by atoms with Crippen LogP contribution in [0.2, 0.25) is 0 Å². The third kappa shape index (κ3) is 5.55. The third-order valence-corrected chi connectivity index (χ3v) is 12.5. The molecule has 0 bridgehead atoms. The number of carboxylic acids is 1. The first kappa shape index (κ1) is 30.1. The molecule has 226 valence electrons. The Morgan fingerprint density at radius 2 is 1.52 bits per heavy atom. The van der Waals surface area contributed by atoms with Crippen LogP contribution in [0, 0.1) is 34.5 Å². The van der Waals surface area contributed by atoms with Crippen molar-refractivity contribution in [2.75, 3.05) is 26.2 Å². The predicted molar refractivity (Wildman–Crippen MR) is 152 cm³/mol. The molecule has 3 N–H and O–H groups in total. The molecule has 40 heavy (non-hydrogen) atoms. The van der Waals surface area contributed by atoms with Crippen LogP contribution in [-0.2, 0) is 14.4 Å². The average Bonchev–Trinajstić information content (AvgIpc) is 3.51. The van der Waals surface area contributed by atoms with E-state index < -0.39 is 5.97 Å². The van der Waals surface area contributed by atoms with Gasteiger partial charge in [0.25, 0.3) is 0 Å². The van der Waals surface area contributed by atoms with Crippen molar-refractivity contribution in [3.05, 3.63) is 0 Å². The summed E-state index contributed by atoms with van der Waals surface area (Å²) in [6.45, 7) is 10.2. The molecule has 10 atom stereocenters. The molecule has 6 aliphatic rings. The maximum absolute atomic E-state index is 11.8. The van der Waals surface area contributed by atoms with E-state index in [-0.39, 0.29) is 41.3 Å². The zero-order valence-electron chi connectivity index (χ0n) is 24.9. The van der Waals surface area contributed by atoms with Crippen LogP contribution in [0.15, 0.2) is 0 Å². The number of rotatable bonds is 4. The molecule has 8 heteroatoms. The van der Waals surface area contributed by atoms with Gasteiger partial charge in [0.05, 0.1) is 12.2 Å². The van der Waals surface area contributed by atoms with Crippen LogP contribution < -0.4 is 0 Å². The summed E-state index contributed by atoms with van der Waals surface area (Å²) in [4.78, 5) is 36.3. The Balaban J connectivity index is 0.000000411. The molecule has 0 aromatic heterocycles. The lowest BCUT2D eigenvalue weighted by molar-refractivity contribution is -0.155. The average molecular weight is 561 g/mol. The van der Waals surface area contributed by atoms with Gasteiger partial charge in [-0.15, -0.1) is 0 Å². The molecule has 4 aliphatic carbocycles. The molecule has 6 rings (SSSR count). The smallest absolute Gasteiger partial charge is 0.310 e. The van der Waals surface area contributed by atoms with Crippen molar-refractivity contribution in [3.63, 3.8) is 0 Å². The van der Waals surface area contributed by atoms with Crippen molar-refractivity contribution >= 4 is 17.5 Å². The van der Waals surface area contributed by atoms with E-state index in [9.17, 15) is 24.6 Å². The first-order valence-electron chi connectivity index (χ1n) is 16.0. The Bertz CT molecular complexity index is 945. The van der Waals surface area contributed by atoms with Gasteiger partial charge in [0, 0.05) is 38.0 Å². The normalized spacial score (nSPS) is 45.6. The summed E-state index contributed by atoms with van der Waals surface area (Å²) in [6, 6.07) is 0.594. The number of nitrogens with zero attached hydrogens (tertiary/aromatic N) is 2. The molecule has 2 saturated heterocycles. The fourth-order valence-electron chi connectivity index (χ4n) is 10.4. The van der Waals surface area contributed by atoms with Crippen molar-refractivity contribution in [2.24, 2.45) is 34.5 Å². The molecule has 0 spiro atoms. The number of aliphatic hydroxyl groups excluding tert-OH is 2.